The third kappa shape index (κ3) is 7.18. The van der Waals surface area contributed by atoms with E-state index in [-0.39, 0.29) is 11.8 Å². The maximum absolute atomic E-state index is 12.4. The fourth-order valence-electron chi connectivity index (χ4n) is 2.43. The SMILES string of the molecule is CC(C)CC(N)C(=O)C(=O)NCC(=O)N[C@H](C(=O)N(C)C)c1ccccc1. The van der Waals surface area contributed by atoms with E-state index in [2.05, 4.69) is 10.6 Å². The minimum absolute atomic E-state index is 0.170. The van der Waals surface area contributed by atoms with Crippen molar-refractivity contribution >= 4 is 23.5 Å². The van der Waals surface area contributed by atoms with Crippen LogP contribution in [-0.2, 0) is 19.2 Å². The molecule has 1 aromatic rings. The lowest BCUT2D eigenvalue weighted by Gasteiger charge is -2.22. The van der Waals surface area contributed by atoms with Crippen LogP contribution in [0.2, 0.25) is 0 Å². The van der Waals surface area contributed by atoms with Gasteiger partial charge in [-0.3, -0.25) is 19.2 Å². The Hall–Kier alpha value is -2.74. The molecule has 0 fully saturated rings. The highest BCUT2D eigenvalue weighted by Gasteiger charge is 2.26. The number of Topliss-reactive ketones (excluding diaryl/α,β-unsaturated/α-hetero) is 1. The van der Waals surface area contributed by atoms with Crippen LogP contribution >= 0.6 is 0 Å². The van der Waals surface area contributed by atoms with Crippen LogP contribution in [0.3, 0.4) is 0 Å². The summed E-state index contributed by atoms with van der Waals surface area (Å²) < 4.78 is 0. The number of hydrogen-bond donors (Lipinski definition) is 3. The summed E-state index contributed by atoms with van der Waals surface area (Å²) in [5.74, 6) is -2.40. The molecule has 0 saturated carbocycles. The molecule has 1 aromatic carbocycles. The van der Waals surface area contributed by atoms with Crippen LogP contribution in [0.15, 0.2) is 30.3 Å². The molecule has 2 atom stereocenters. The number of nitrogens with zero attached hydrogens (tertiary/aromatic N) is 1. The summed E-state index contributed by atoms with van der Waals surface area (Å²) in [6, 6.07) is 6.97. The molecule has 0 heterocycles. The topological polar surface area (TPSA) is 122 Å². The van der Waals surface area contributed by atoms with Crippen molar-refractivity contribution in [1.82, 2.24) is 15.5 Å². The van der Waals surface area contributed by atoms with Gasteiger partial charge in [-0.2, -0.15) is 0 Å². The van der Waals surface area contributed by atoms with E-state index in [0.29, 0.717) is 12.0 Å². The van der Waals surface area contributed by atoms with Crippen LogP contribution in [-0.4, -0.2) is 55.1 Å². The molecular formula is C19H28N4O4. The third-order valence-electron chi connectivity index (χ3n) is 3.82. The molecule has 0 bridgehead atoms. The molecule has 3 amide bonds. The predicted molar refractivity (Wildman–Crippen MR) is 101 cm³/mol. The predicted octanol–water partition coefficient (Wildman–Crippen LogP) is -0.00920. The van der Waals surface area contributed by atoms with Crippen molar-refractivity contribution in [3.05, 3.63) is 35.9 Å². The van der Waals surface area contributed by atoms with Gasteiger partial charge in [0.2, 0.25) is 17.6 Å². The van der Waals surface area contributed by atoms with Crippen LogP contribution in [0.25, 0.3) is 0 Å². The number of likely N-dealkylation sites (N-methyl/N-ethyl adjacent to an activating group) is 1. The van der Waals surface area contributed by atoms with E-state index >= 15 is 0 Å². The normalized spacial score (nSPS) is 12.8. The second kappa shape index (κ2) is 10.4. The Kier molecular flexibility index (Phi) is 8.61. The van der Waals surface area contributed by atoms with Gasteiger partial charge in [0, 0.05) is 14.1 Å². The molecule has 1 unspecified atom stereocenters. The van der Waals surface area contributed by atoms with Gasteiger partial charge < -0.3 is 21.3 Å². The zero-order chi connectivity index (χ0) is 20.6. The molecule has 0 aliphatic heterocycles. The number of benzene rings is 1. The summed E-state index contributed by atoms with van der Waals surface area (Å²) in [4.78, 5) is 49.7. The van der Waals surface area contributed by atoms with E-state index < -0.39 is 36.2 Å². The molecule has 4 N–H and O–H groups in total. The maximum atomic E-state index is 12.4. The summed E-state index contributed by atoms with van der Waals surface area (Å²) in [7, 11) is 3.17. The van der Waals surface area contributed by atoms with Crippen LogP contribution in [0.5, 0.6) is 0 Å². The molecule has 0 spiro atoms. The zero-order valence-electron chi connectivity index (χ0n) is 16.2. The van der Waals surface area contributed by atoms with Gasteiger partial charge in [0.1, 0.15) is 6.04 Å². The highest BCUT2D eigenvalue weighted by atomic mass is 16.2. The van der Waals surface area contributed by atoms with Gasteiger partial charge in [-0.1, -0.05) is 44.2 Å². The van der Waals surface area contributed by atoms with Gasteiger partial charge in [-0.15, -0.1) is 0 Å². The Labute approximate surface area is 159 Å². The lowest BCUT2D eigenvalue weighted by molar-refractivity contribution is -0.139. The van der Waals surface area contributed by atoms with Gasteiger partial charge in [0.25, 0.3) is 5.91 Å². The van der Waals surface area contributed by atoms with E-state index in [1.54, 1.807) is 44.4 Å². The Bertz CT molecular complexity index is 674. The van der Waals surface area contributed by atoms with Crippen molar-refractivity contribution in [3.63, 3.8) is 0 Å². The van der Waals surface area contributed by atoms with Crippen molar-refractivity contribution in [2.75, 3.05) is 20.6 Å². The second-order valence-electron chi connectivity index (χ2n) is 6.93. The van der Waals surface area contributed by atoms with Crippen LogP contribution < -0.4 is 16.4 Å². The molecule has 0 saturated heterocycles. The second-order valence-corrected chi connectivity index (χ2v) is 6.93. The first kappa shape index (κ1) is 22.3. The van der Waals surface area contributed by atoms with Crippen molar-refractivity contribution < 1.29 is 19.2 Å². The Morgan fingerprint density at radius 2 is 1.67 bits per heavy atom. The van der Waals surface area contributed by atoms with Crippen molar-refractivity contribution in [1.29, 1.82) is 0 Å². The standard InChI is InChI=1S/C19H28N4O4/c1-12(2)10-14(20)17(25)18(26)21-11-15(24)22-16(19(27)23(3)4)13-8-6-5-7-9-13/h5-9,12,14,16H,10-11,20H2,1-4H3,(H,21,26)(H,22,24)/t14?,16-/m0/s1. The van der Waals surface area contributed by atoms with E-state index in [4.69, 9.17) is 5.73 Å². The Balaban J connectivity index is 2.68. The van der Waals surface area contributed by atoms with Crippen molar-refractivity contribution in [2.24, 2.45) is 11.7 Å². The van der Waals surface area contributed by atoms with E-state index in [9.17, 15) is 19.2 Å². The fraction of sp³-hybridized carbons (Fsp3) is 0.474. The molecular weight excluding hydrogens is 348 g/mol. The molecule has 27 heavy (non-hydrogen) atoms. The lowest BCUT2D eigenvalue weighted by Crippen LogP contribution is -2.47. The first-order valence-electron chi connectivity index (χ1n) is 8.76. The lowest BCUT2D eigenvalue weighted by atomic mass is 10.0. The smallest absolute Gasteiger partial charge is 0.289 e. The average Bonchev–Trinajstić information content (AvgIpc) is 2.62. The first-order chi connectivity index (χ1) is 12.6. The van der Waals surface area contributed by atoms with E-state index in [0.717, 1.165) is 0 Å². The molecule has 8 heteroatoms. The third-order valence-corrected chi connectivity index (χ3v) is 3.82. The first-order valence-corrected chi connectivity index (χ1v) is 8.76. The average molecular weight is 376 g/mol. The summed E-state index contributed by atoms with van der Waals surface area (Å²) >= 11 is 0. The monoisotopic (exact) mass is 376 g/mol. The molecule has 8 nitrogen and oxygen atoms in total. The number of nitrogens with one attached hydrogen (secondary N) is 2. The summed E-state index contributed by atoms with van der Waals surface area (Å²) in [5, 5.41) is 4.84. The number of rotatable bonds is 9. The number of carbonyl (C=O) groups is 4. The molecule has 0 radical (unpaired) electrons. The van der Waals surface area contributed by atoms with Gasteiger partial charge in [-0.05, 0) is 17.9 Å². The number of ketones is 1. The van der Waals surface area contributed by atoms with Gasteiger partial charge in [0.15, 0.2) is 0 Å². The number of carbonyl (C=O) groups excluding carboxylic acids is 4. The molecule has 148 valence electrons. The van der Waals surface area contributed by atoms with Crippen molar-refractivity contribution in [3.8, 4) is 0 Å². The summed E-state index contributed by atoms with van der Waals surface area (Å²) in [6.45, 7) is 3.36. The Morgan fingerprint density at radius 3 is 2.19 bits per heavy atom. The minimum atomic E-state index is -0.909. The van der Waals surface area contributed by atoms with Crippen molar-refractivity contribution in [2.45, 2.75) is 32.4 Å². The van der Waals surface area contributed by atoms with Gasteiger partial charge >= 0.3 is 0 Å². The largest absolute Gasteiger partial charge is 0.347 e. The van der Waals surface area contributed by atoms with E-state index in [1.807, 2.05) is 13.8 Å². The van der Waals surface area contributed by atoms with Crippen LogP contribution in [0.4, 0.5) is 0 Å². The highest BCUT2D eigenvalue weighted by Crippen LogP contribution is 2.14. The Morgan fingerprint density at radius 1 is 1.07 bits per heavy atom. The summed E-state index contributed by atoms with van der Waals surface area (Å²) in [5.41, 5.74) is 6.31. The number of nitrogens with two attached hydrogens (primary N) is 1. The quantitative estimate of drug-likeness (QED) is 0.523. The number of amides is 3. The highest BCUT2D eigenvalue weighted by molar-refractivity contribution is 6.38. The molecule has 0 aliphatic carbocycles. The summed E-state index contributed by atoms with van der Waals surface area (Å²) in [6.07, 6.45) is 0.381. The molecule has 1 rings (SSSR count). The van der Waals surface area contributed by atoms with Crippen LogP contribution in [0.1, 0.15) is 31.9 Å². The van der Waals surface area contributed by atoms with Gasteiger partial charge in [-0.25, -0.2) is 0 Å². The minimum Gasteiger partial charge on any atom is -0.347 e. The molecule has 0 aliphatic rings. The van der Waals surface area contributed by atoms with E-state index in [1.165, 1.54) is 4.90 Å². The maximum Gasteiger partial charge on any atom is 0.289 e. The van der Waals surface area contributed by atoms with Crippen LogP contribution in [0, 0.1) is 5.92 Å². The molecule has 0 aromatic heterocycles. The number of hydrogen-bond acceptors (Lipinski definition) is 5. The van der Waals surface area contributed by atoms with Gasteiger partial charge in [0.05, 0.1) is 12.6 Å². The zero-order valence-corrected chi connectivity index (χ0v) is 16.2. The fourth-order valence-corrected chi connectivity index (χ4v) is 2.43.